The summed E-state index contributed by atoms with van der Waals surface area (Å²) in [6.07, 6.45) is 8.04. The smallest absolute Gasteiger partial charge is 0.225 e. The minimum Gasteiger partial charge on any atom is -0.356 e. The van der Waals surface area contributed by atoms with Gasteiger partial charge < -0.3 is 15.5 Å². The molecule has 1 aliphatic carbocycles. The number of hydrogen-bond donors (Lipinski definition) is 2. The molecule has 2 N–H and O–H groups in total. The third-order valence-electron chi connectivity index (χ3n) is 6.18. The van der Waals surface area contributed by atoms with E-state index in [-0.39, 0.29) is 41.8 Å². The maximum Gasteiger partial charge on any atom is 0.225 e. The number of nitrogens with one attached hydrogen (secondary N) is 2. The number of aliphatic imine (C=N–C) groups is 1. The summed E-state index contributed by atoms with van der Waals surface area (Å²) in [5.41, 5.74) is 1.78. The van der Waals surface area contributed by atoms with Crippen LogP contribution >= 0.6 is 24.0 Å². The van der Waals surface area contributed by atoms with E-state index in [1.54, 1.807) is 23.9 Å². The Kier molecular flexibility index (Phi) is 8.89. The third-order valence-corrected chi connectivity index (χ3v) is 6.18. The topological polar surface area (TPSA) is 74.6 Å². The van der Waals surface area contributed by atoms with Gasteiger partial charge in [-0.3, -0.25) is 9.79 Å². The first-order chi connectivity index (χ1) is 15.1. The Labute approximate surface area is 205 Å². The van der Waals surface area contributed by atoms with Gasteiger partial charge in [-0.15, -0.1) is 24.0 Å². The van der Waals surface area contributed by atoms with E-state index in [0.717, 1.165) is 56.1 Å². The van der Waals surface area contributed by atoms with Crippen LogP contribution in [0.15, 0.2) is 41.5 Å². The zero-order valence-electron chi connectivity index (χ0n) is 18.5. The van der Waals surface area contributed by atoms with Gasteiger partial charge in [0.15, 0.2) is 5.96 Å². The highest BCUT2D eigenvalue weighted by atomic mass is 127. The van der Waals surface area contributed by atoms with E-state index in [0.29, 0.717) is 12.5 Å². The van der Waals surface area contributed by atoms with E-state index in [1.165, 1.54) is 25.0 Å². The Morgan fingerprint density at radius 1 is 1.19 bits per heavy atom. The summed E-state index contributed by atoms with van der Waals surface area (Å²) in [5, 5.41) is 11.3. The lowest BCUT2D eigenvalue weighted by Crippen LogP contribution is -2.45. The standard InChI is InChI=1S/C23H31FN6O.HI/c1-25-23(27-20-11-14-29(16-20)22(31)17-4-2-3-5-17)26-13-10-19-12-15-30(28-19)21-8-6-18(24)7-9-21;/h6-9,12,15,17,20H,2-5,10-11,13-14,16H2,1H3,(H2,25,26,27);1H. The van der Waals surface area contributed by atoms with Gasteiger partial charge in [0.2, 0.25) is 5.91 Å². The molecular formula is C23H32FIN6O. The van der Waals surface area contributed by atoms with Gasteiger partial charge in [-0.05, 0) is 49.6 Å². The number of carbonyl (C=O) groups is 1. The average Bonchev–Trinajstić information content (AvgIpc) is 3.55. The fourth-order valence-electron chi connectivity index (χ4n) is 4.44. The second-order valence-electron chi connectivity index (χ2n) is 8.37. The SMILES string of the molecule is CN=C(NCCc1ccn(-c2ccc(F)cc2)n1)NC1CCN(C(=O)C2CCCC2)C1.I. The van der Waals surface area contributed by atoms with Crippen molar-refractivity contribution in [3.05, 3.63) is 48.0 Å². The highest BCUT2D eigenvalue weighted by molar-refractivity contribution is 14.0. The van der Waals surface area contributed by atoms with E-state index >= 15 is 0 Å². The normalized spacial score (nSPS) is 19.1. The largest absolute Gasteiger partial charge is 0.356 e. The van der Waals surface area contributed by atoms with Crippen molar-refractivity contribution < 1.29 is 9.18 Å². The van der Waals surface area contributed by atoms with Gasteiger partial charge in [0.05, 0.1) is 11.4 Å². The summed E-state index contributed by atoms with van der Waals surface area (Å²) in [5.74, 6) is 1.07. The molecule has 2 fully saturated rings. The third kappa shape index (κ3) is 6.20. The predicted octanol–water partition coefficient (Wildman–Crippen LogP) is 3.13. The summed E-state index contributed by atoms with van der Waals surface area (Å²) in [7, 11) is 1.76. The zero-order chi connectivity index (χ0) is 21.6. The Morgan fingerprint density at radius 2 is 1.94 bits per heavy atom. The number of amides is 1. The number of carbonyl (C=O) groups excluding carboxylic acids is 1. The molecule has 1 aromatic carbocycles. The van der Waals surface area contributed by atoms with E-state index in [4.69, 9.17) is 0 Å². The van der Waals surface area contributed by atoms with Crippen molar-refractivity contribution >= 4 is 35.8 Å². The Balaban J connectivity index is 0.00000289. The monoisotopic (exact) mass is 554 g/mol. The molecular weight excluding hydrogens is 522 g/mol. The van der Waals surface area contributed by atoms with Crippen molar-refractivity contribution in [3.8, 4) is 5.69 Å². The number of benzene rings is 1. The molecule has 1 saturated carbocycles. The molecule has 4 rings (SSSR count). The summed E-state index contributed by atoms with van der Waals surface area (Å²) in [6.45, 7) is 2.26. The predicted molar refractivity (Wildman–Crippen MR) is 134 cm³/mol. The first kappa shape index (κ1) is 24.5. The van der Waals surface area contributed by atoms with Crippen LogP contribution in [0.3, 0.4) is 0 Å². The minimum atomic E-state index is -0.257. The summed E-state index contributed by atoms with van der Waals surface area (Å²) >= 11 is 0. The molecule has 2 heterocycles. The molecule has 0 radical (unpaired) electrons. The van der Waals surface area contributed by atoms with Gasteiger partial charge in [-0.25, -0.2) is 9.07 Å². The fourth-order valence-corrected chi connectivity index (χ4v) is 4.44. The van der Waals surface area contributed by atoms with E-state index in [9.17, 15) is 9.18 Å². The fraction of sp³-hybridized carbons (Fsp3) is 0.522. The maximum atomic E-state index is 13.1. The number of nitrogens with zero attached hydrogens (tertiary/aromatic N) is 4. The average molecular weight is 554 g/mol. The van der Waals surface area contributed by atoms with Gasteiger partial charge >= 0.3 is 0 Å². The molecule has 9 heteroatoms. The molecule has 1 atom stereocenters. The van der Waals surface area contributed by atoms with Crippen molar-refractivity contribution in [2.45, 2.75) is 44.6 Å². The summed E-state index contributed by atoms with van der Waals surface area (Å²) in [6, 6.07) is 8.47. The number of hydrogen-bond acceptors (Lipinski definition) is 3. The van der Waals surface area contributed by atoms with Crippen molar-refractivity contribution in [1.29, 1.82) is 0 Å². The van der Waals surface area contributed by atoms with Crippen LogP contribution in [0.25, 0.3) is 5.69 Å². The quantitative estimate of drug-likeness (QED) is 0.327. The number of likely N-dealkylation sites (tertiary alicyclic amines) is 1. The Morgan fingerprint density at radius 3 is 2.66 bits per heavy atom. The van der Waals surface area contributed by atoms with Crippen LogP contribution in [-0.4, -0.2) is 59.3 Å². The number of halogens is 2. The first-order valence-corrected chi connectivity index (χ1v) is 11.2. The Bertz CT molecular complexity index is 909. The number of aromatic nitrogens is 2. The molecule has 32 heavy (non-hydrogen) atoms. The summed E-state index contributed by atoms with van der Waals surface area (Å²) < 4.78 is 14.8. The highest BCUT2D eigenvalue weighted by Gasteiger charge is 2.32. The molecule has 0 spiro atoms. The van der Waals surface area contributed by atoms with E-state index < -0.39 is 0 Å². The van der Waals surface area contributed by atoms with Gasteiger partial charge in [0.25, 0.3) is 0 Å². The van der Waals surface area contributed by atoms with Crippen molar-refractivity contribution in [2.75, 3.05) is 26.7 Å². The lowest BCUT2D eigenvalue weighted by Gasteiger charge is -2.21. The van der Waals surface area contributed by atoms with Crippen molar-refractivity contribution in [1.82, 2.24) is 25.3 Å². The second-order valence-corrected chi connectivity index (χ2v) is 8.37. The molecule has 1 saturated heterocycles. The molecule has 174 valence electrons. The van der Waals surface area contributed by atoms with Crippen LogP contribution in [0, 0.1) is 11.7 Å². The lowest BCUT2D eigenvalue weighted by molar-refractivity contribution is -0.134. The molecule has 1 amide bonds. The maximum absolute atomic E-state index is 13.1. The van der Waals surface area contributed by atoms with Gasteiger partial charge in [0, 0.05) is 51.3 Å². The molecule has 1 aliphatic heterocycles. The van der Waals surface area contributed by atoms with E-state index in [1.807, 2.05) is 17.2 Å². The second kappa shape index (κ2) is 11.6. The Hall–Kier alpha value is -2.17. The molecule has 2 aromatic rings. The molecule has 1 aromatic heterocycles. The van der Waals surface area contributed by atoms with Gasteiger partial charge in [0.1, 0.15) is 5.82 Å². The molecule has 7 nitrogen and oxygen atoms in total. The van der Waals surface area contributed by atoms with Crippen LogP contribution in [0.5, 0.6) is 0 Å². The summed E-state index contributed by atoms with van der Waals surface area (Å²) in [4.78, 5) is 19.0. The molecule has 1 unspecified atom stereocenters. The highest BCUT2D eigenvalue weighted by Crippen LogP contribution is 2.27. The van der Waals surface area contributed by atoms with Gasteiger partial charge in [-0.2, -0.15) is 5.10 Å². The minimum absolute atomic E-state index is 0. The number of guanidine groups is 1. The number of rotatable bonds is 6. The van der Waals surface area contributed by atoms with Crippen LogP contribution in [0.2, 0.25) is 0 Å². The van der Waals surface area contributed by atoms with Crippen LogP contribution in [0.4, 0.5) is 4.39 Å². The van der Waals surface area contributed by atoms with Crippen LogP contribution in [0.1, 0.15) is 37.8 Å². The van der Waals surface area contributed by atoms with Gasteiger partial charge in [-0.1, -0.05) is 12.8 Å². The molecule has 2 aliphatic rings. The van der Waals surface area contributed by atoms with E-state index in [2.05, 4.69) is 20.7 Å². The van der Waals surface area contributed by atoms with Crippen molar-refractivity contribution in [3.63, 3.8) is 0 Å². The molecule has 0 bridgehead atoms. The van der Waals surface area contributed by atoms with Crippen molar-refractivity contribution in [2.24, 2.45) is 10.9 Å². The lowest BCUT2D eigenvalue weighted by atomic mass is 10.1. The van der Waals surface area contributed by atoms with Crippen LogP contribution < -0.4 is 10.6 Å². The van der Waals surface area contributed by atoms with Crippen LogP contribution in [-0.2, 0) is 11.2 Å². The first-order valence-electron chi connectivity index (χ1n) is 11.2. The zero-order valence-corrected chi connectivity index (χ0v) is 20.8.